The molecule has 30 heavy (non-hydrogen) atoms. The minimum Gasteiger partial charge on any atom is -0.454 e. The average Bonchev–Trinajstić information content (AvgIpc) is 3.40. The van der Waals surface area contributed by atoms with Crippen molar-refractivity contribution in [1.29, 1.82) is 0 Å². The highest BCUT2D eigenvalue weighted by molar-refractivity contribution is 5.95. The van der Waals surface area contributed by atoms with Gasteiger partial charge >= 0.3 is 0 Å². The number of carbonyl (C=O) groups is 2. The molecule has 0 unspecified atom stereocenters. The molecule has 1 saturated heterocycles. The van der Waals surface area contributed by atoms with Gasteiger partial charge in [0.15, 0.2) is 17.1 Å². The van der Waals surface area contributed by atoms with E-state index in [9.17, 15) is 14.4 Å². The summed E-state index contributed by atoms with van der Waals surface area (Å²) < 4.78 is 12.0. The lowest BCUT2D eigenvalue weighted by Crippen LogP contribution is -2.51. The van der Waals surface area contributed by atoms with E-state index in [0.29, 0.717) is 54.3 Å². The van der Waals surface area contributed by atoms with Gasteiger partial charge in [-0.25, -0.2) is 9.67 Å². The van der Waals surface area contributed by atoms with Crippen molar-refractivity contribution >= 4 is 22.8 Å². The molecule has 11 nitrogen and oxygen atoms in total. The van der Waals surface area contributed by atoms with E-state index in [1.54, 1.807) is 28.0 Å². The first-order chi connectivity index (χ1) is 14.6. The van der Waals surface area contributed by atoms with E-state index in [4.69, 9.17) is 9.47 Å². The Morgan fingerprint density at radius 3 is 2.67 bits per heavy atom. The van der Waals surface area contributed by atoms with Crippen LogP contribution in [-0.4, -0.2) is 74.3 Å². The van der Waals surface area contributed by atoms with Crippen LogP contribution in [0.15, 0.2) is 35.5 Å². The third kappa shape index (κ3) is 3.13. The summed E-state index contributed by atoms with van der Waals surface area (Å²) in [5.41, 5.74) is 0.594. The number of aromatic amines is 1. The molecule has 0 bridgehead atoms. The molecule has 0 atom stereocenters. The number of rotatable bonds is 3. The molecule has 2 aliphatic heterocycles. The van der Waals surface area contributed by atoms with Crippen LogP contribution in [0.4, 0.5) is 0 Å². The van der Waals surface area contributed by atoms with Crippen molar-refractivity contribution in [3.05, 3.63) is 46.6 Å². The predicted molar refractivity (Wildman–Crippen MR) is 103 cm³/mol. The number of hydrogen-bond donors (Lipinski definition) is 1. The largest absolute Gasteiger partial charge is 0.454 e. The van der Waals surface area contributed by atoms with Crippen LogP contribution in [0.25, 0.3) is 11.0 Å². The second kappa shape index (κ2) is 7.17. The third-order valence-corrected chi connectivity index (χ3v) is 5.26. The zero-order valence-corrected chi connectivity index (χ0v) is 15.9. The Labute approximate surface area is 169 Å². The van der Waals surface area contributed by atoms with Gasteiger partial charge < -0.3 is 24.3 Å². The van der Waals surface area contributed by atoms with Crippen LogP contribution in [0.1, 0.15) is 10.4 Å². The summed E-state index contributed by atoms with van der Waals surface area (Å²) in [6.45, 7) is 1.83. The first-order valence-corrected chi connectivity index (χ1v) is 9.46. The Morgan fingerprint density at radius 2 is 1.83 bits per heavy atom. The predicted octanol–water partition coefficient (Wildman–Crippen LogP) is -0.167. The molecule has 11 heteroatoms. The van der Waals surface area contributed by atoms with Gasteiger partial charge in [-0.05, 0) is 18.2 Å². The Kier molecular flexibility index (Phi) is 4.34. The van der Waals surface area contributed by atoms with Crippen LogP contribution in [-0.2, 0) is 11.3 Å². The minimum atomic E-state index is -0.297. The van der Waals surface area contributed by atoms with E-state index in [2.05, 4.69) is 15.1 Å². The zero-order chi connectivity index (χ0) is 20.7. The number of nitrogens with one attached hydrogen (secondary N) is 1. The maximum Gasteiger partial charge on any atom is 0.261 e. The van der Waals surface area contributed by atoms with Gasteiger partial charge in [0, 0.05) is 31.7 Å². The first-order valence-electron chi connectivity index (χ1n) is 9.46. The van der Waals surface area contributed by atoms with Crippen LogP contribution in [0.5, 0.6) is 11.5 Å². The van der Waals surface area contributed by atoms with Crippen LogP contribution in [0.3, 0.4) is 0 Å². The fourth-order valence-electron chi connectivity index (χ4n) is 3.62. The number of H-pyrrole nitrogens is 1. The Morgan fingerprint density at radius 1 is 1.07 bits per heavy atom. The number of fused-ring (bicyclic) bond motifs is 2. The van der Waals surface area contributed by atoms with E-state index in [-0.39, 0.29) is 30.7 Å². The SMILES string of the molecule is O=C(Cn1ncc2c(=O)[nH]cnc21)N1CCN(C(=O)c2ccc3c(c2)OCO3)CC1. The highest BCUT2D eigenvalue weighted by Gasteiger charge is 2.26. The molecule has 2 aromatic heterocycles. The van der Waals surface area contributed by atoms with Crippen molar-refractivity contribution in [2.75, 3.05) is 33.0 Å². The van der Waals surface area contributed by atoms with Crippen LogP contribution in [0.2, 0.25) is 0 Å². The second-order valence-corrected chi connectivity index (χ2v) is 7.01. The molecule has 1 N–H and O–H groups in total. The highest BCUT2D eigenvalue weighted by Crippen LogP contribution is 2.32. The van der Waals surface area contributed by atoms with Gasteiger partial charge in [-0.2, -0.15) is 5.10 Å². The van der Waals surface area contributed by atoms with Crippen LogP contribution < -0.4 is 15.0 Å². The van der Waals surface area contributed by atoms with E-state index < -0.39 is 0 Å². The average molecular weight is 410 g/mol. The van der Waals surface area contributed by atoms with Crippen molar-refractivity contribution in [1.82, 2.24) is 29.5 Å². The van der Waals surface area contributed by atoms with Gasteiger partial charge in [-0.15, -0.1) is 0 Å². The summed E-state index contributed by atoms with van der Waals surface area (Å²) in [4.78, 5) is 47.2. The lowest BCUT2D eigenvalue weighted by molar-refractivity contribution is -0.133. The maximum atomic E-state index is 12.8. The highest BCUT2D eigenvalue weighted by atomic mass is 16.7. The summed E-state index contributed by atoms with van der Waals surface area (Å²) in [5.74, 6) is 0.942. The van der Waals surface area contributed by atoms with Gasteiger partial charge in [-0.1, -0.05) is 0 Å². The number of aromatic nitrogens is 4. The Balaban J connectivity index is 1.22. The molecule has 1 fully saturated rings. The first kappa shape index (κ1) is 18.2. The molecular formula is C19H18N6O5. The lowest BCUT2D eigenvalue weighted by atomic mass is 10.1. The summed E-state index contributed by atoms with van der Waals surface area (Å²) in [6, 6.07) is 5.12. The molecule has 1 aromatic carbocycles. The van der Waals surface area contributed by atoms with Crippen LogP contribution >= 0.6 is 0 Å². The van der Waals surface area contributed by atoms with Crippen molar-refractivity contribution in [2.24, 2.45) is 0 Å². The number of amides is 2. The fourth-order valence-corrected chi connectivity index (χ4v) is 3.62. The Bertz CT molecular complexity index is 1190. The smallest absolute Gasteiger partial charge is 0.261 e. The standard InChI is InChI=1S/C19H18N6O5/c26-16(9-25-17-13(8-22-25)18(27)21-10-20-17)23-3-5-24(6-4-23)19(28)12-1-2-14-15(7-12)30-11-29-14/h1-2,7-8,10H,3-6,9,11H2,(H,20,21,27). The summed E-state index contributed by atoms with van der Waals surface area (Å²) in [5, 5.41) is 4.44. The van der Waals surface area contributed by atoms with Crippen molar-refractivity contribution < 1.29 is 19.1 Å². The lowest BCUT2D eigenvalue weighted by Gasteiger charge is -2.34. The normalized spacial score (nSPS) is 15.6. The number of ether oxygens (including phenoxy) is 2. The van der Waals surface area contributed by atoms with Crippen molar-refractivity contribution in [3.8, 4) is 11.5 Å². The fraction of sp³-hybridized carbons (Fsp3) is 0.316. The molecule has 0 aliphatic carbocycles. The molecule has 5 rings (SSSR count). The molecule has 4 heterocycles. The molecule has 0 radical (unpaired) electrons. The van der Waals surface area contributed by atoms with Crippen molar-refractivity contribution in [2.45, 2.75) is 6.54 Å². The molecule has 154 valence electrons. The monoisotopic (exact) mass is 410 g/mol. The minimum absolute atomic E-state index is 0.0178. The summed E-state index contributed by atoms with van der Waals surface area (Å²) in [6.07, 6.45) is 2.68. The molecule has 0 spiro atoms. The van der Waals surface area contributed by atoms with Gasteiger partial charge in [0.2, 0.25) is 12.7 Å². The third-order valence-electron chi connectivity index (χ3n) is 5.26. The van der Waals surface area contributed by atoms with Gasteiger partial charge in [0.05, 0.1) is 12.5 Å². The summed E-state index contributed by atoms with van der Waals surface area (Å²) >= 11 is 0. The van der Waals surface area contributed by atoms with Crippen molar-refractivity contribution in [3.63, 3.8) is 0 Å². The van der Waals surface area contributed by atoms with E-state index >= 15 is 0 Å². The van der Waals surface area contributed by atoms with Gasteiger partial charge in [-0.3, -0.25) is 14.4 Å². The number of piperazine rings is 1. The van der Waals surface area contributed by atoms with Gasteiger partial charge in [0.1, 0.15) is 11.9 Å². The number of carbonyl (C=O) groups excluding carboxylic acids is 2. The summed E-state index contributed by atoms with van der Waals surface area (Å²) in [7, 11) is 0. The molecule has 0 saturated carbocycles. The van der Waals surface area contributed by atoms with Crippen LogP contribution in [0, 0.1) is 0 Å². The number of nitrogens with zero attached hydrogens (tertiary/aromatic N) is 5. The van der Waals surface area contributed by atoms with E-state index in [0.717, 1.165) is 0 Å². The Hall–Kier alpha value is -3.89. The zero-order valence-electron chi connectivity index (χ0n) is 15.9. The molecule has 2 aliphatic rings. The maximum absolute atomic E-state index is 12.8. The van der Waals surface area contributed by atoms with Gasteiger partial charge in [0.25, 0.3) is 11.5 Å². The molecule has 2 amide bonds. The second-order valence-electron chi connectivity index (χ2n) is 7.01. The topological polar surface area (TPSA) is 123 Å². The molecule has 3 aromatic rings. The number of benzene rings is 1. The quantitative estimate of drug-likeness (QED) is 0.636. The van der Waals surface area contributed by atoms with E-state index in [1.165, 1.54) is 17.2 Å². The molecular weight excluding hydrogens is 392 g/mol. The number of hydrogen-bond acceptors (Lipinski definition) is 7. The van der Waals surface area contributed by atoms with E-state index in [1.807, 2.05) is 0 Å².